The Morgan fingerprint density at radius 3 is 2.48 bits per heavy atom. The molecule has 2 heterocycles. The van der Waals surface area contributed by atoms with Crippen molar-refractivity contribution in [2.45, 2.75) is 32.4 Å². The Kier molecular flexibility index (Phi) is 7.62. The second-order valence-corrected chi connectivity index (χ2v) is 8.96. The van der Waals surface area contributed by atoms with Crippen LogP contribution in [0.15, 0.2) is 42.5 Å². The normalized spacial score (nSPS) is 17.2. The maximum absolute atomic E-state index is 12.5. The number of benzene rings is 2. The molecule has 2 amide bonds. The molecule has 0 unspecified atom stereocenters. The van der Waals surface area contributed by atoms with Gasteiger partial charge >= 0.3 is 11.8 Å². The molecule has 1 atom stereocenters. The van der Waals surface area contributed by atoms with Crippen LogP contribution in [-0.2, 0) is 27.3 Å². The van der Waals surface area contributed by atoms with Crippen LogP contribution in [0.5, 0.6) is 0 Å². The van der Waals surface area contributed by atoms with Crippen LogP contribution < -0.4 is 15.5 Å². The minimum atomic E-state index is -0.608. The number of nitrogens with one attached hydrogen (secondary N) is 2. The molecule has 4 rings (SSSR count). The lowest BCUT2D eigenvalue weighted by molar-refractivity contribution is -0.139. The number of amides is 2. The van der Waals surface area contributed by atoms with Gasteiger partial charge in [0, 0.05) is 45.5 Å². The average Bonchev–Trinajstić information content (AvgIpc) is 2.84. The highest BCUT2D eigenvalue weighted by molar-refractivity contribution is 6.35. The van der Waals surface area contributed by atoms with Crippen molar-refractivity contribution in [1.82, 2.24) is 15.5 Å². The number of aryl methyl sites for hydroxylation is 2. The van der Waals surface area contributed by atoms with Gasteiger partial charge in [0.05, 0.1) is 19.3 Å². The topological polar surface area (TPSA) is 73.9 Å². The molecule has 176 valence electrons. The first kappa shape index (κ1) is 23.3. The first-order chi connectivity index (χ1) is 16.0. The fourth-order valence-electron chi connectivity index (χ4n) is 4.60. The second-order valence-electron chi connectivity index (χ2n) is 8.96. The van der Waals surface area contributed by atoms with Crippen LogP contribution in [0.25, 0.3) is 0 Å². The molecule has 7 heteroatoms. The van der Waals surface area contributed by atoms with E-state index in [-0.39, 0.29) is 6.04 Å². The standard InChI is InChI=1S/C26H34N4O3/c1-19-5-7-20(8-6-19)17-27-25(31)26(32)28-18-24(30-12-14-33-15-13-30)22-9-10-23-21(16-22)4-3-11-29(23)2/h5-10,16,24H,3-4,11-15,17-18H2,1-2H3,(H,27,31)(H,28,32)/t24-/m0/s1. The number of carbonyl (C=O) groups is 2. The molecule has 2 N–H and O–H groups in total. The van der Waals surface area contributed by atoms with Crippen molar-refractivity contribution in [3.63, 3.8) is 0 Å². The highest BCUT2D eigenvalue weighted by Crippen LogP contribution is 2.30. The van der Waals surface area contributed by atoms with Gasteiger partial charge in [-0.05, 0) is 42.5 Å². The lowest BCUT2D eigenvalue weighted by Crippen LogP contribution is -2.46. The van der Waals surface area contributed by atoms with E-state index in [0.717, 1.165) is 43.6 Å². The summed E-state index contributed by atoms with van der Waals surface area (Å²) in [5.74, 6) is -1.21. The molecule has 1 saturated heterocycles. The molecule has 33 heavy (non-hydrogen) atoms. The number of rotatable bonds is 6. The minimum absolute atomic E-state index is 0.000260. The van der Waals surface area contributed by atoms with Crippen molar-refractivity contribution in [2.75, 3.05) is 51.3 Å². The zero-order valence-corrected chi connectivity index (χ0v) is 19.6. The van der Waals surface area contributed by atoms with Gasteiger partial charge in [-0.2, -0.15) is 0 Å². The smallest absolute Gasteiger partial charge is 0.309 e. The Labute approximate surface area is 196 Å². The maximum Gasteiger partial charge on any atom is 0.309 e. The maximum atomic E-state index is 12.5. The summed E-state index contributed by atoms with van der Waals surface area (Å²) in [6.07, 6.45) is 2.21. The summed E-state index contributed by atoms with van der Waals surface area (Å²) in [5.41, 5.74) is 5.93. The molecule has 2 aliphatic heterocycles. The fourth-order valence-corrected chi connectivity index (χ4v) is 4.60. The van der Waals surface area contributed by atoms with Crippen LogP contribution >= 0.6 is 0 Å². The van der Waals surface area contributed by atoms with Gasteiger partial charge in [-0.1, -0.05) is 42.0 Å². The molecule has 0 bridgehead atoms. The van der Waals surface area contributed by atoms with E-state index in [9.17, 15) is 9.59 Å². The summed E-state index contributed by atoms with van der Waals surface area (Å²) in [4.78, 5) is 29.5. The van der Waals surface area contributed by atoms with Crippen molar-refractivity contribution >= 4 is 17.5 Å². The SMILES string of the molecule is Cc1ccc(CNC(=O)C(=O)NC[C@@H](c2ccc3c(c2)CCCN3C)N2CCOCC2)cc1. The molecule has 7 nitrogen and oxygen atoms in total. The molecule has 0 radical (unpaired) electrons. The Balaban J connectivity index is 1.40. The van der Waals surface area contributed by atoms with Crippen molar-refractivity contribution in [3.05, 3.63) is 64.7 Å². The van der Waals surface area contributed by atoms with E-state index < -0.39 is 11.8 Å². The molecule has 0 aliphatic carbocycles. The van der Waals surface area contributed by atoms with E-state index in [1.807, 2.05) is 31.2 Å². The van der Waals surface area contributed by atoms with Crippen LogP contribution in [-0.4, -0.2) is 63.2 Å². The Hall–Kier alpha value is -2.90. The van der Waals surface area contributed by atoms with Gasteiger partial charge in [-0.15, -0.1) is 0 Å². The molecule has 0 saturated carbocycles. The third-order valence-corrected chi connectivity index (χ3v) is 6.56. The highest BCUT2D eigenvalue weighted by atomic mass is 16.5. The Morgan fingerprint density at radius 1 is 1.00 bits per heavy atom. The predicted octanol–water partition coefficient (Wildman–Crippen LogP) is 2.18. The third kappa shape index (κ3) is 5.92. The fraction of sp³-hybridized carbons (Fsp3) is 0.462. The number of morpholine rings is 1. The molecular weight excluding hydrogens is 416 g/mol. The summed E-state index contributed by atoms with van der Waals surface area (Å²) in [6.45, 7) is 6.76. The van der Waals surface area contributed by atoms with E-state index in [1.165, 1.54) is 16.8 Å². The minimum Gasteiger partial charge on any atom is -0.379 e. The van der Waals surface area contributed by atoms with Crippen molar-refractivity contribution < 1.29 is 14.3 Å². The van der Waals surface area contributed by atoms with Crippen LogP contribution in [0.3, 0.4) is 0 Å². The number of fused-ring (bicyclic) bond motifs is 1. The van der Waals surface area contributed by atoms with E-state index in [1.54, 1.807) is 0 Å². The largest absolute Gasteiger partial charge is 0.379 e. The number of hydrogen-bond donors (Lipinski definition) is 2. The van der Waals surface area contributed by atoms with Crippen LogP contribution in [0.1, 0.15) is 34.7 Å². The van der Waals surface area contributed by atoms with E-state index >= 15 is 0 Å². The van der Waals surface area contributed by atoms with Gasteiger partial charge in [0.25, 0.3) is 0 Å². The first-order valence-electron chi connectivity index (χ1n) is 11.8. The van der Waals surface area contributed by atoms with Crippen LogP contribution in [0.4, 0.5) is 5.69 Å². The molecule has 1 fully saturated rings. The summed E-state index contributed by atoms with van der Waals surface area (Å²) in [7, 11) is 2.13. The quantitative estimate of drug-likeness (QED) is 0.660. The highest BCUT2D eigenvalue weighted by Gasteiger charge is 2.26. The van der Waals surface area contributed by atoms with Crippen molar-refractivity contribution in [3.8, 4) is 0 Å². The summed E-state index contributed by atoms with van der Waals surface area (Å²) in [5, 5.41) is 5.59. The zero-order valence-electron chi connectivity index (χ0n) is 19.6. The van der Waals surface area contributed by atoms with Crippen molar-refractivity contribution in [1.29, 1.82) is 0 Å². The average molecular weight is 451 g/mol. The van der Waals surface area contributed by atoms with E-state index in [2.05, 4.69) is 45.7 Å². The molecule has 2 aromatic rings. The number of ether oxygens (including phenoxy) is 1. The van der Waals surface area contributed by atoms with Gasteiger partial charge in [0.15, 0.2) is 0 Å². The predicted molar refractivity (Wildman–Crippen MR) is 129 cm³/mol. The van der Waals surface area contributed by atoms with Gasteiger partial charge in [0.1, 0.15) is 0 Å². The summed E-state index contributed by atoms with van der Waals surface area (Å²) >= 11 is 0. The number of hydrogen-bond acceptors (Lipinski definition) is 5. The lowest BCUT2D eigenvalue weighted by Gasteiger charge is -2.36. The van der Waals surface area contributed by atoms with Gasteiger partial charge in [0.2, 0.25) is 0 Å². The van der Waals surface area contributed by atoms with Gasteiger partial charge < -0.3 is 20.3 Å². The van der Waals surface area contributed by atoms with E-state index in [0.29, 0.717) is 26.3 Å². The van der Waals surface area contributed by atoms with E-state index in [4.69, 9.17) is 4.74 Å². The molecule has 2 aromatic carbocycles. The monoisotopic (exact) mass is 450 g/mol. The van der Waals surface area contributed by atoms with Crippen molar-refractivity contribution in [2.24, 2.45) is 0 Å². The number of nitrogens with zero attached hydrogens (tertiary/aromatic N) is 2. The third-order valence-electron chi connectivity index (χ3n) is 6.56. The number of anilines is 1. The Morgan fingerprint density at radius 2 is 1.73 bits per heavy atom. The molecule has 2 aliphatic rings. The van der Waals surface area contributed by atoms with Gasteiger partial charge in [-0.25, -0.2) is 0 Å². The lowest BCUT2D eigenvalue weighted by atomic mass is 9.95. The second kappa shape index (κ2) is 10.8. The zero-order chi connectivity index (χ0) is 23.2. The first-order valence-corrected chi connectivity index (χ1v) is 11.8. The van der Waals surface area contributed by atoms with Crippen LogP contribution in [0, 0.1) is 6.92 Å². The molecular formula is C26H34N4O3. The van der Waals surface area contributed by atoms with Gasteiger partial charge in [-0.3, -0.25) is 14.5 Å². The molecule has 0 aromatic heterocycles. The van der Waals surface area contributed by atoms with Crippen LogP contribution in [0.2, 0.25) is 0 Å². The Bertz CT molecular complexity index is 970. The summed E-state index contributed by atoms with van der Waals surface area (Å²) < 4.78 is 5.54. The molecule has 0 spiro atoms. The summed E-state index contributed by atoms with van der Waals surface area (Å²) in [6, 6.07) is 14.5. The number of carbonyl (C=O) groups excluding carboxylic acids is 2.